The molecule has 0 N–H and O–H groups in total. The molecule has 0 aliphatic carbocycles. The molecule has 0 saturated heterocycles. The van der Waals surface area contributed by atoms with Crippen molar-refractivity contribution in [1.29, 1.82) is 10.5 Å². The van der Waals surface area contributed by atoms with Gasteiger partial charge in [-0.15, -0.1) is 0 Å². The summed E-state index contributed by atoms with van der Waals surface area (Å²) in [7, 11) is 0. The minimum Gasteiger partial charge on any atom is -0.308 e. The molecule has 442 valence electrons. The van der Waals surface area contributed by atoms with Crippen molar-refractivity contribution in [2.24, 2.45) is 0 Å². The lowest BCUT2D eigenvalue weighted by Gasteiger charge is -2.21. The van der Waals surface area contributed by atoms with Gasteiger partial charge in [-0.2, -0.15) is 23.7 Å². The lowest BCUT2D eigenvalue weighted by atomic mass is 9.95. The Kier molecular flexibility index (Phi) is 13.9. The number of hydrogen-bond donors (Lipinski definition) is 0. The molecular formula is C83H49F3N8. The fraction of sp³-hybridized carbons (Fsp3) is 0.0120. The van der Waals surface area contributed by atoms with Crippen LogP contribution in [0.1, 0.15) is 16.7 Å². The maximum absolute atomic E-state index is 15.2. The summed E-state index contributed by atoms with van der Waals surface area (Å²) >= 11 is 0. The Balaban J connectivity index is 0.972. The molecule has 0 amide bonds. The van der Waals surface area contributed by atoms with Gasteiger partial charge in [0.15, 0.2) is 0 Å². The molecule has 0 radical (unpaired) electrons. The van der Waals surface area contributed by atoms with Crippen LogP contribution in [-0.2, 0) is 6.18 Å². The highest BCUT2D eigenvalue weighted by molar-refractivity contribution is 6.14. The van der Waals surface area contributed by atoms with E-state index in [1.54, 1.807) is 18.5 Å². The molecule has 0 aliphatic heterocycles. The van der Waals surface area contributed by atoms with Crippen LogP contribution in [0.2, 0.25) is 0 Å². The zero-order valence-corrected chi connectivity index (χ0v) is 50.0. The second kappa shape index (κ2) is 23.2. The summed E-state index contributed by atoms with van der Waals surface area (Å²) in [4.78, 5) is 19.0. The van der Waals surface area contributed by atoms with E-state index in [9.17, 15) is 10.5 Å². The molecule has 6 heterocycles. The lowest BCUT2D eigenvalue weighted by molar-refractivity contribution is -0.137. The van der Waals surface area contributed by atoms with E-state index in [1.165, 1.54) is 6.07 Å². The van der Waals surface area contributed by atoms with Crippen molar-refractivity contribution in [3.05, 3.63) is 314 Å². The van der Waals surface area contributed by atoms with Crippen LogP contribution in [0.15, 0.2) is 298 Å². The highest BCUT2D eigenvalue weighted by Crippen LogP contribution is 2.46. The molecule has 8 nitrogen and oxygen atoms in total. The molecule has 16 rings (SSSR count). The van der Waals surface area contributed by atoms with Gasteiger partial charge in [0.25, 0.3) is 0 Å². The van der Waals surface area contributed by atoms with Crippen LogP contribution in [-0.4, -0.2) is 29.1 Å². The average Bonchev–Trinajstić information content (AvgIpc) is 1.55. The van der Waals surface area contributed by atoms with Crippen LogP contribution in [0.25, 0.3) is 156 Å². The number of hydrogen-bond acceptors (Lipinski definition) is 6. The first-order valence-corrected chi connectivity index (χ1v) is 30.6. The summed E-state index contributed by atoms with van der Waals surface area (Å²) < 4.78 is 49.6. The summed E-state index contributed by atoms with van der Waals surface area (Å²) in [5.74, 6) is 0. The summed E-state index contributed by atoms with van der Waals surface area (Å²) in [6, 6.07) is 93.0. The molecular weight excluding hydrogens is 1170 g/mol. The van der Waals surface area contributed by atoms with Crippen molar-refractivity contribution in [3.63, 3.8) is 0 Å². The largest absolute Gasteiger partial charge is 0.416 e. The highest BCUT2D eigenvalue weighted by atomic mass is 19.4. The van der Waals surface area contributed by atoms with E-state index in [2.05, 4.69) is 83.4 Å². The quantitative estimate of drug-likeness (QED) is 0.128. The third kappa shape index (κ3) is 10.2. The van der Waals surface area contributed by atoms with Crippen LogP contribution in [0.5, 0.6) is 0 Å². The SMILES string of the molecule is N#Cc1cc(-c2ccc(-n3c4ccc(-c5ccnc(-c6ccccc6)c5)cc4c4cc(-c5ccnc(-c6ccccc6)c5)ccc43)c(C#N)c2-n2c3ccc(-c4ccnc(-c5ccccc5)c4)cc3c3cc(-c4ccnc(-c5ccccc5)c4)ccc32)cc(C(F)(F)F)c1. The second-order valence-electron chi connectivity index (χ2n) is 23.2. The van der Waals surface area contributed by atoms with Gasteiger partial charge in [-0.3, -0.25) is 19.9 Å². The van der Waals surface area contributed by atoms with Crippen LogP contribution < -0.4 is 0 Å². The van der Waals surface area contributed by atoms with E-state index in [0.717, 1.165) is 134 Å². The number of pyridine rings is 4. The van der Waals surface area contributed by atoms with Gasteiger partial charge in [-0.25, -0.2) is 0 Å². The molecule has 6 aromatic heterocycles. The van der Waals surface area contributed by atoms with Gasteiger partial charge in [0, 0.05) is 74.1 Å². The van der Waals surface area contributed by atoms with Gasteiger partial charge < -0.3 is 9.13 Å². The second-order valence-corrected chi connectivity index (χ2v) is 23.2. The van der Waals surface area contributed by atoms with Crippen LogP contribution in [0.3, 0.4) is 0 Å². The first-order valence-electron chi connectivity index (χ1n) is 30.6. The predicted molar refractivity (Wildman–Crippen MR) is 370 cm³/mol. The molecule has 0 spiro atoms. The summed E-state index contributed by atoms with van der Waals surface area (Å²) in [6.07, 6.45) is 2.44. The van der Waals surface area contributed by atoms with Crippen LogP contribution in [0, 0.1) is 22.7 Å². The zero-order valence-electron chi connectivity index (χ0n) is 50.0. The van der Waals surface area contributed by atoms with Gasteiger partial charge in [-0.1, -0.05) is 152 Å². The first kappa shape index (κ1) is 56.4. The topological polar surface area (TPSA) is 109 Å². The van der Waals surface area contributed by atoms with Gasteiger partial charge in [0.05, 0.1) is 73.4 Å². The van der Waals surface area contributed by atoms with E-state index in [-0.39, 0.29) is 16.7 Å². The maximum atomic E-state index is 15.2. The zero-order chi connectivity index (χ0) is 63.4. The number of nitriles is 2. The van der Waals surface area contributed by atoms with Gasteiger partial charge in [0.2, 0.25) is 0 Å². The number of fused-ring (bicyclic) bond motifs is 6. The molecule has 0 bridgehead atoms. The first-order chi connectivity index (χ1) is 46.1. The minimum absolute atomic E-state index is 0.110. The fourth-order valence-corrected chi connectivity index (χ4v) is 13.1. The third-order valence-corrected chi connectivity index (χ3v) is 17.6. The van der Waals surface area contributed by atoms with Crippen LogP contribution >= 0.6 is 0 Å². The van der Waals surface area contributed by atoms with Crippen LogP contribution in [0.4, 0.5) is 13.2 Å². The number of alkyl halides is 3. The van der Waals surface area contributed by atoms with Crippen molar-refractivity contribution >= 4 is 43.6 Å². The van der Waals surface area contributed by atoms with Crippen molar-refractivity contribution < 1.29 is 13.2 Å². The fourth-order valence-electron chi connectivity index (χ4n) is 13.1. The van der Waals surface area contributed by atoms with Gasteiger partial charge in [-0.05, 0) is 171 Å². The Hall–Kier alpha value is -12.8. The minimum atomic E-state index is -4.81. The molecule has 10 aromatic carbocycles. The molecule has 11 heteroatoms. The predicted octanol–water partition coefficient (Wildman–Crippen LogP) is 21.2. The van der Waals surface area contributed by atoms with Gasteiger partial charge in [0.1, 0.15) is 11.6 Å². The van der Waals surface area contributed by atoms with Gasteiger partial charge >= 0.3 is 6.18 Å². The monoisotopic (exact) mass is 1210 g/mol. The van der Waals surface area contributed by atoms with Crippen molar-refractivity contribution in [3.8, 4) is 124 Å². The molecule has 0 atom stereocenters. The molecule has 94 heavy (non-hydrogen) atoms. The normalized spacial score (nSPS) is 11.5. The number of halogens is 3. The van der Waals surface area contributed by atoms with E-state index < -0.39 is 11.7 Å². The molecule has 0 unspecified atom stereocenters. The Morgan fingerprint density at radius 1 is 0.298 bits per heavy atom. The van der Waals surface area contributed by atoms with E-state index in [1.807, 2.05) is 199 Å². The summed E-state index contributed by atoms with van der Waals surface area (Å²) in [5.41, 5.74) is 17.7. The van der Waals surface area contributed by atoms with E-state index >= 15 is 13.2 Å². The van der Waals surface area contributed by atoms with E-state index in [4.69, 9.17) is 19.9 Å². The Morgan fingerprint density at radius 3 is 0.968 bits per heavy atom. The van der Waals surface area contributed by atoms with Crippen molar-refractivity contribution in [1.82, 2.24) is 29.1 Å². The maximum Gasteiger partial charge on any atom is 0.416 e. The van der Waals surface area contributed by atoms with Crippen molar-refractivity contribution in [2.75, 3.05) is 0 Å². The highest BCUT2D eigenvalue weighted by Gasteiger charge is 2.33. The summed E-state index contributed by atoms with van der Waals surface area (Å²) in [5, 5.41) is 26.1. The number of aromatic nitrogens is 6. The molecule has 0 fully saturated rings. The number of nitrogens with zero attached hydrogens (tertiary/aromatic N) is 8. The molecule has 16 aromatic rings. The standard InChI is InChI=1S/C83H49F3N8/c84-83(85,86)66-40-52(50-87)39-65(41-66)67-25-30-81(93-77-26-21-57(61-31-35-89-73(46-61)53-13-5-1-6-14-53)42-68(77)69-43-58(22-27-78(69)93)62-32-36-90-74(47-62)54-15-7-2-8-16-54)72(51-88)82(67)94-79-28-23-59(63-33-37-91-75(48-63)55-17-9-3-10-18-55)44-70(79)71-45-60(24-29-80(71)94)64-34-38-92-76(49-64)56-19-11-4-12-20-56/h1-49H. The molecule has 0 saturated carbocycles. The lowest BCUT2D eigenvalue weighted by Crippen LogP contribution is -2.08. The molecule has 0 aliphatic rings. The number of rotatable bonds is 11. The van der Waals surface area contributed by atoms with E-state index in [0.29, 0.717) is 28.0 Å². The average molecular weight is 1220 g/mol. The Bertz CT molecular complexity index is 5470. The third-order valence-electron chi connectivity index (χ3n) is 17.6. The number of benzene rings is 10. The smallest absolute Gasteiger partial charge is 0.308 e. The van der Waals surface area contributed by atoms with Crippen molar-refractivity contribution in [2.45, 2.75) is 6.18 Å². The Labute approximate surface area is 538 Å². The summed E-state index contributed by atoms with van der Waals surface area (Å²) in [6.45, 7) is 0. The Morgan fingerprint density at radius 2 is 0.638 bits per heavy atom.